The third-order valence-corrected chi connectivity index (χ3v) is 5.82. The number of nitrogens with zero attached hydrogens (tertiary/aromatic N) is 4. The zero-order chi connectivity index (χ0) is 25.0. The number of nitro benzene ring substituents is 1. The summed E-state index contributed by atoms with van der Waals surface area (Å²) in [6.45, 7) is 3.38. The number of hydrogen-bond acceptors (Lipinski definition) is 8. The van der Waals surface area contributed by atoms with Crippen molar-refractivity contribution in [2.45, 2.75) is 32.8 Å². The molecule has 1 heterocycles. The van der Waals surface area contributed by atoms with Crippen LogP contribution in [-0.2, 0) is 16.0 Å². The van der Waals surface area contributed by atoms with E-state index in [4.69, 9.17) is 4.74 Å². The Kier molecular flexibility index (Phi) is 8.15. The molecule has 0 aliphatic rings. The fourth-order valence-electron chi connectivity index (χ4n) is 3.14. The van der Waals surface area contributed by atoms with Crippen molar-refractivity contribution >= 4 is 60.6 Å². The van der Waals surface area contributed by atoms with E-state index in [2.05, 4.69) is 46.7 Å². The van der Waals surface area contributed by atoms with Gasteiger partial charge in [-0.1, -0.05) is 22.9 Å². The van der Waals surface area contributed by atoms with Gasteiger partial charge in [-0.15, -0.1) is 0 Å². The Bertz CT molecular complexity index is 1360. The first kappa shape index (κ1) is 25.5. The highest BCUT2D eigenvalue weighted by atomic mass is 79.9. The van der Waals surface area contributed by atoms with E-state index in [0.29, 0.717) is 28.7 Å². The Hall–Kier alpha value is -3.12. The molecule has 178 valence electrons. The molecular weight excluding hydrogens is 576 g/mol. The van der Waals surface area contributed by atoms with Crippen LogP contribution >= 0.6 is 31.9 Å². The van der Waals surface area contributed by atoms with Crippen LogP contribution in [0.5, 0.6) is 5.75 Å². The molecule has 0 aliphatic carbocycles. The van der Waals surface area contributed by atoms with Gasteiger partial charge in [0.05, 0.1) is 33.6 Å². The van der Waals surface area contributed by atoms with E-state index in [-0.39, 0.29) is 21.5 Å². The fraction of sp³-hybridized carbons (Fsp3) is 0.273. The van der Waals surface area contributed by atoms with Crippen molar-refractivity contribution in [2.75, 3.05) is 7.11 Å². The van der Waals surface area contributed by atoms with Gasteiger partial charge in [-0.2, -0.15) is 9.78 Å². The van der Waals surface area contributed by atoms with Crippen molar-refractivity contribution < 1.29 is 19.2 Å². The number of carbonyl (C=O) groups is 1. The minimum Gasteiger partial charge on any atom is -0.471 e. The number of rotatable bonds is 8. The maximum atomic E-state index is 13.1. The lowest BCUT2D eigenvalue weighted by Crippen LogP contribution is -2.25. The summed E-state index contributed by atoms with van der Waals surface area (Å²) in [7, 11) is 1.19. The summed E-state index contributed by atoms with van der Waals surface area (Å²) in [4.78, 5) is 40.4. The van der Waals surface area contributed by atoms with Crippen LogP contribution in [0.3, 0.4) is 0 Å². The van der Waals surface area contributed by atoms with E-state index in [1.165, 1.54) is 37.1 Å². The maximum Gasteiger partial charge on any atom is 0.346 e. The average molecular weight is 596 g/mol. The van der Waals surface area contributed by atoms with E-state index in [0.717, 1.165) is 10.9 Å². The van der Waals surface area contributed by atoms with Crippen molar-refractivity contribution in [1.82, 2.24) is 9.66 Å². The number of methoxy groups -OCH3 is 1. The molecule has 0 unspecified atom stereocenters. The van der Waals surface area contributed by atoms with Crippen molar-refractivity contribution in [3.05, 3.63) is 71.1 Å². The molecule has 1 aromatic heterocycles. The number of benzene rings is 2. The first-order chi connectivity index (χ1) is 16.2. The van der Waals surface area contributed by atoms with Gasteiger partial charge in [0.25, 0.3) is 5.56 Å². The average Bonchev–Trinajstić information content (AvgIpc) is 2.80. The standard InChI is InChI=1S/C22H20Br2N4O6/c1-4-5-19-26-17-7-6-14(23)10-15(17)21(29)27(19)25-11-13-8-16(24)20(18(9-13)28(31)32)34-12(2)22(30)33-3/h6-12H,4-5H2,1-3H3/t12-/m0/s1. The second kappa shape index (κ2) is 10.9. The minimum absolute atomic E-state index is 0.124. The van der Waals surface area contributed by atoms with Crippen molar-refractivity contribution in [1.29, 1.82) is 0 Å². The number of carbonyl (C=O) groups excluding carboxylic acids is 1. The van der Waals surface area contributed by atoms with E-state index in [1.54, 1.807) is 18.2 Å². The van der Waals surface area contributed by atoms with Crippen LogP contribution in [-0.4, -0.2) is 40.0 Å². The van der Waals surface area contributed by atoms with Gasteiger partial charge in [0.15, 0.2) is 6.10 Å². The van der Waals surface area contributed by atoms with Gasteiger partial charge < -0.3 is 9.47 Å². The SMILES string of the molecule is CCCc1nc2ccc(Br)cc2c(=O)n1N=Cc1cc(Br)c(O[C@@H](C)C(=O)OC)c([N+](=O)[O-])c1. The lowest BCUT2D eigenvalue weighted by molar-refractivity contribution is -0.386. The highest BCUT2D eigenvalue weighted by Crippen LogP contribution is 2.37. The maximum absolute atomic E-state index is 13.1. The summed E-state index contributed by atoms with van der Waals surface area (Å²) >= 11 is 6.62. The Morgan fingerprint density at radius 3 is 2.71 bits per heavy atom. The van der Waals surface area contributed by atoms with E-state index in [9.17, 15) is 19.7 Å². The number of aryl methyl sites for hydroxylation is 1. The molecule has 0 N–H and O–H groups in total. The molecule has 0 saturated carbocycles. The molecule has 34 heavy (non-hydrogen) atoms. The quantitative estimate of drug-likeness (QED) is 0.161. The Morgan fingerprint density at radius 1 is 1.32 bits per heavy atom. The number of hydrogen-bond donors (Lipinski definition) is 0. The van der Waals surface area contributed by atoms with Crippen LogP contribution in [0, 0.1) is 10.1 Å². The summed E-state index contributed by atoms with van der Waals surface area (Å²) in [5, 5.41) is 16.3. The molecule has 12 heteroatoms. The Balaban J connectivity index is 2.08. The van der Waals surface area contributed by atoms with Gasteiger partial charge in [-0.05, 0) is 53.5 Å². The number of halogens is 2. The van der Waals surface area contributed by atoms with Gasteiger partial charge >= 0.3 is 11.7 Å². The molecule has 0 fully saturated rings. The predicted molar refractivity (Wildman–Crippen MR) is 134 cm³/mol. The zero-order valence-electron chi connectivity index (χ0n) is 18.4. The highest BCUT2D eigenvalue weighted by molar-refractivity contribution is 9.10. The topological polar surface area (TPSA) is 126 Å². The molecule has 1 atom stereocenters. The van der Waals surface area contributed by atoms with Crippen LogP contribution in [0.1, 0.15) is 31.7 Å². The minimum atomic E-state index is -1.06. The predicted octanol–water partition coefficient (Wildman–Crippen LogP) is 4.60. The monoisotopic (exact) mass is 594 g/mol. The summed E-state index contributed by atoms with van der Waals surface area (Å²) in [6, 6.07) is 8.00. The molecule has 10 nitrogen and oxygen atoms in total. The summed E-state index contributed by atoms with van der Waals surface area (Å²) < 4.78 is 12.2. The largest absolute Gasteiger partial charge is 0.471 e. The van der Waals surface area contributed by atoms with Crippen molar-refractivity contribution in [2.24, 2.45) is 5.10 Å². The molecule has 3 rings (SSSR count). The van der Waals surface area contributed by atoms with Crippen LogP contribution < -0.4 is 10.3 Å². The highest BCUT2D eigenvalue weighted by Gasteiger charge is 2.25. The van der Waals surface area contributed by atoms with Crippen LogP contribution in [0.4, 0.5) is 5.69 Å². The molecule has 0 aliphatic heterocycles. The van der Waals surface area contributed by atoms with E-state index >= 15 is 0 Å². The van der Waals surface area contributed by atoms with Gasteiger partial charge in [0.1, 0.15) is 5.82 Å². The number of ether oxygens (including phenoxy) is 2. The molecule has 0 radical (unpaired) electrons. The second-order valence-electron chi connectivity index (χ2n) is 7.19. The zero-order valence-corrected chi connectivity index (χ0v) is 21.6. The van der Waals surface area contributed by atoms with Gasteiger partial charge in [-0.3, -0.25) is 14.9 Å². The molecule has 0 saturated heterocycles. The van der Waals surface area contributed by atoms with Crippen molar-refractivity contribution in [3.63, 3.8) is 0 Å². The summed E-state index contributed by atoms with van der Waals surface area (Å²) in [6.07, 6.45) is 1.53. The summed E-state index contributed by atoms with van der Waals surface area (Å²) in [5.74, 6) is -0.329. The molecule has 0 spiro atoms. The van der Waals surface area contributed by atoms with Crippen LogP contribution in [0.25, 0.3) is 10.9 Å². The molecular formula is C22H20Br2N4O6. The lowest BCUT2D eigenvalue weighted by Gasteiger charge is -2.14. The number of esters is 1. The van der Waals surface area contributed by atoms with Gasteiger partial charge in [0.2, 0.25) is 5.75 Å². The van der Waals surface area contributed by atoms with E-state index in [1.807, 2.05) is 6.92 Å². The normalized spacial score (nSPS) is 12.1. The summed E-state index contributed by atoms with van der Waals surface area (Å²) in [5.41, 5.74) is 0.155. The Morgan fingerprint density at radius 2 is 2.06 bits per heavy atom. The first-order valence-electron chi connectivity index (χ1n) is 10.1. The van der Waals surface area contributed by atoms with Crippen LogP contribution in [0.2, 0.25) is 0 Å². The molecule has 3 aromatic rings. The van der Waals surface area contributed by atoms with Crippen LogP contribution in [0.15, 0.2) is 49.2 Å². The van der Waals surface area contributed by atoms with E-state index < -0.39 is 17.0 Å². The first-order valence-corrected chi connectivity index (χ1v) is 11.7. The third-order valence-electron chi connectivity index (χ3n) is 4.74. The van der Waals surface area contributed by atoms with Gasteiger partial charge in [0, 0.05) is 22.5 Å². The Labute approximate surface area is 211 Å². The number of aromatic nitrogens is 2. The smallest absolute Gasteiger partial charge is 0.346 e. The van der Waals surface area contributed by atoms with Crippen molar-refractivity contribution in [3.8, 4) is 5.75 Å². The molecule has 0 amide bonds. The second-order valence-corrected chi connectivity index (χ2v) is 8.96. The van der Waals surface area contributed by atoms with Gasteiger partial charge in [-0.25, -0.2) is 9.78 Å². The lowest BCUT2D eigenvalue weighted by atomic mass is 10.2. The molecule has 0 bridgehead atoms. The number of nitro groups is 1. The fourth-order valence-corrected chi connectivity index (χ4v) is 4.06. The number of fused-ring (bicyclic) bond motifs is 1. The third kappa shape index (κ3) is 5.50. The molecule has 2 aromatic carbocycles.